The van der Waals surface area contributed by atoms with Crippen LogP contribution in [0.4, 0.5) is 5.13 Å². The molecule has 3 heterocycles. The Kier molecular flexibility index (Phi) is 4.62. The third kappa shape index (κ3) is 3.37. The first-order chi connectivity index (χ1) is 11.8. The molecule has 7 heteroatoms. The molecule has 0 bridgehead atoms. The highest BCUT2D eigenvalue weighted by atomic mass is 32.1. The zero-order valence-electron chi connectivity index (χ0n) is 13.9. The van der Waals surface area contributed by atoms with Gasteiger partial charge in [0, 0.05) is 49.9 Å². The molecule has 1 aliphatic heterocycles. The van der Waals surface area contributed by atoms with Gasteiger partial charge in [-0.2, -0.15) is 5.10 Å². The summed E-state index contributed by atoms with van der Waals surface area (Å²) in [6.07, 6.45) is 6.64. The fourth-order valence-corrected chi connectivity index (χ4v) is 4.63. The second kappa shape index (κ2) is 7.03. The minimum Gasteiger partial charge on any atom is -0.346 e. The number of piperazine rings is 1. The number of hydrogen-bond donors (Lipinski definition) is 0. The van der Waals surface area contributed by atoms with Crippen LogP contribution in [0.5, 0.6) is 0 Å². The van der Waals surface area contributed by atoms with E-state index in [1.165, 1.54) is 35.0 Å². The second-order valence-electron chi connectivity index (χ2n) is 6.49. The summed E-state index contributed by atoms with van der Waals surface area (Å²) in [6, 6.07) is 3.25. The van der Waals surface area contributed by atoms with Crippen LogP contribution in [-0.4, -0.2) is 52.4 Å². The standard InChI is InChI=1S/C17H23N5OS/c23-16-6-3-7-18-22(16)13-10-20-8-11-21(12-9-20)17-19-14-4-1-2-5-15(14)24-17/h3,6-7H,1-2,4-5,8-13H2. The monoisotopic (exact) mass is 345 g/mol. The zero-order valence-corrected chi connectivity index (χ0v) is 14.7. The summed E-state index contributed by atoms with van der Waals surface area (Å²) >= 11 is 1.90. The molecule has 0 amide bonds. The van der Waals surface area contributed by atoms with E-state index in [1.54, 1.807) is 23.0 Å². The molecule has 2 aliphatic rings. The number of fused-ring (bicyclic) bond motifs is 1. The molecule has 128 valence electrons. The lowest BCUT2D eigenvalue weighted by atomic mass is 10.0. The second-order valence-corrected chi connectivity index (χ2v) is 7.55. The minimum absolute atomic E-state index is 0.0236. The van der Waals surface area contributed by atoms with Crippen molar-refractivity contribution < 1.29 is 0 Å². The van der Waals surface area contributed by atoms with Crippen molar-refractivity contribution in [2.24, 2.45) is 0 Å². The van der Waals surface area contributed by atoms with Crippen molar-refractivity contribution in [1.82, 2.24) is 19.7 Å². The first kappa shape index (κ1) is 15.8. The predicted molar refractivity (Wildman–Crippen MR) is 95.9 cm³/mol. The van der Waals surface area contributed by atoms with Gasteiger partial charge in [-0.3, -0.25) is 9.69 Å². The fraction of sp³-hybridized carbons (Fsp3) is 0.588. The quantitative estimate of drug-likeness (QED) is 0.838. The Labute approximate surface area is 145 Å². The topological polar surface area (TPSA) is 54.3 Å². The van der Waals surface area contributed by atoms with Crippen molar-refractivity contribution in [3.8, 4) is 0 Å². The molecule has 1 fully saturated rings. The number of aromatic nitrogens is 3. The molecule has 0 spiro atoms. The number of rotatable bonds is 4. The van der Waals surface area contributed by atoms with Gasteiger partial charge in [-0.1, -0.05) is 0 Å². The lowest BCUT2D eigenvalue weighted by molar-refractivity contribution is 0.242. The maximum absolute atomic E-state index is 11.7. The number of anilines is 1. The predicted octanol–water partition coefficient (Wildman–Crippen LogP) is 1.40. The van der Waals surface area contributed by atoms with Gasteiger partial charge in [0.1, 0.15) is 0 Å². The van der Waals surface area contributed by atoms with Gasteiger partial charge in [-0.05, 0) is 31.7 Å². The Bertz CT molecular complexity index is 724. The van der Waals surface area contributed by atoms with Crippen molar-refractivity contribution >= 4 is 16.5 Å². The SMILES string of the molecule is O=c1cccnn1CCN1CCN(c2nc3c(s2)CCCC3)CC1. The molecule has 0 atom stereocenters. The lowest BCUT2D eigenvalue weighted by Crippen LogP contribution is -2.47. The van der Waals surface area contributed by atoms with E-state index in [9.17, 15) is 4.79 Å². The number of nitrogens with zero attached hydrogens (tertiary/aromatic N) is 5. The van der Waals surface area contributed by atoms with E-state index in [4.69, 9.17) is 4.98 Å². The Morgan fingerprint density at radius 2 is 1.92 bits per heavy atom. The molecule has 1 aliphatic carbocycles. The van der Waals surface area contributed by atoms with Gasteiger partial charge >= 0.3 is 0 Å². The molecule has 0 unspecified atom stereocenters. The first-order valence-electron chi connectivity index (χ1n) is 8.77. The van der Waals surface area contributed by atoms with E-state index in [-0.39, 0.29) is 5.56 Å². The fourth-order valence-electron chi connectivity index (χ4n) is 3.43. The van der Waals surface area contributed by atoms with Crippen LogP contribution in [-0.2, 0) is 19.4 Å². The van der Waals surface area contributed by atoms with Gasteiger partial charge in [-0.15, -0.1) is 11.3 Å². The highest BCUT2D eigenvalue weighted by Gasteiger charge is 2.22. The van der Waals surface area contributed by atoms with E-state index in [2.05, 4.69) is 14.9 Å². The molecule has 0 aromatic carbocycles. The average molecular weight is 345 g/mol. The summed E-state index contributed by atoms with van der Waals surface area (Å²) in [5, 5.41) is 5.33. The highest BCUT2D eigenvalue weighted by Crippen LogP contribution is 2.32. The van der Waals surface area contributed by atoms with Crippen molar-refractivity contribution in [2.45, 2.75) is 32.2 Å². The Morgan fingerprint density at radius 1 is 1.08 bits per heavy atom. The van der Waals surface area contributed by atoms with Crippen LogP contribution in [0, 0.1) is 0 Å². The number of aryl methyl sites for hydroxylation is 2. The number of hydrogen-bond acceptors (Lipinski definition) is 6. The molecule has 24 heavy (non-hydrogen) atoms. The summed E-state index contributed by atoms with van der Waals surface area (Å²) in [7, 11) is 0. The molecule has 4 rings (SSSR count). The van der Waals surface area contributed by atoms with E-state index < -0.39 is 0 Å². The van der Waals surface area contributed by atoms with Gasteiger partial charge in [0.15, 0.2) is 5.13 Å². The molecular formula is C17H23N5OS. The zero-order chi connectivity index (χ0) is 16.4. The third-order valence-electron chi connectivity index (χ3n) is 4.89. The Hall–Kier alpha value is -1.73. The normalized spacial score (nSPS) is 18.6. The summed E-state index contributed by atoms with van der Waals surface area (Å²) < 4.78 is 1.54. The van der Waals surface area contributed by atoms with E-state index in [1.807, 2.05) is 11.3 Å². The minimum atomic E-state index is -0.0236. The summed E-state index contributed by atoms with van der Waals surface area (Å²) in [4.78, 5) is 22.9. The van der Waals surface area contributed by atoms with E-state index in [0.29, 0.717) is 6.54 Å². The van der Waals surface area contributed by atoms with Crippen molar-refractivity contribution in [1.29, 1.82) is 0 Å². The smallest absolute Gasteiger partial charge is 0.266 e. The van der Waals surface area contributed by atoms with Crippen molar-refractivity contribution in [3.05, 3.63) is 39.3 Å². The first-order valence-corrected chi connectivity index (χ1v) is 9.59. The van der Waals surface area contributed by atoms with E-state index in [0.717, 1.165) is 39.1 Å². The summed E-state index contributed by atoms with van der Waals surface area (Å²) in [5.74, 6) is 0. The highest BCUT2D eigenvalue weighted by molar-refractivity contribution is 7.15. The molecular weight excluding hydrogens is 322 g/mol. The summed E-state index contributed by atoms with van der Waals surface area (Å²) in [5.41, 5.74) is 1.32. The van der Waals surface area contributed by atoms with Crippen molar-refractivity contribution in [2.75, 3.05) is 37.6 Å². The van der Waals surface area contributed by atoms with Gasteiger partial charge in [0.2, 0.25) is 0 Å². The van der Waals surface area contributed by atoms with Crippen LogP contribution < -0.4 is 10.5 Å². The Balaban J connectivity index is 1.31. The lowest BCUT2D eigenvalue weighted by Gasteiger charge is -2.34. The number of thiazole rings is 1. The van der Waals surface area contributed by atoms with Crippen LogP contribution in [0.25, 0.3) is 0 Å². The Morgan fingerprint density at radius 3 is 2.71 bits per heavy atom. The van der Waals surface area contributed by atoms with Crippen LogP contribution >= 0.6 is 11.3 Å². The van der Waals surface area contributed by atoms with Crippen LogP contribution in [0.3, 0.4) is 0 Å². The molecule has 6 nitrogen and oxygen atoms in total. The van der Waals surface area contributed by atoms with Crippen LogP contribution in [0.1, 0.15) is 23.4 Å². The molecule has 2 aromatic heterocycles. The average Bonchev–Trinajstić information content (AvgIpc) is 3.06. The third-order valence-corrected chi connectivity index (χ3v) is 6.11. The van der Waals surface area contributed by atoms with Gasteiger partial charge in [-0.25, -0.2) is 9.67 Å². The van der Waals surface area contributed by atoms with Gasteiger partial charge in [0.05, 0.1) is 12.2 Å². The molecule has 1 saturated heterocycles. The van der Waals surface area contributed by atoms with Gasteiger partial charge < -0.3 is 4.90 Å². The largest absolute Gasteiger partial charge is 0.346 e. The maximum atomic E-state index is 11.7. The van der Waals surface area contributed by atoms with Crippen molar-refractivity contribution in [3.63, 3.8) is 0 Å². The van der Waals surface area contributed by atoms with Gasteiger partial charge in [0.25, 0.3) is 5.56 Å². The molecule has 0 N–H and O–H groups in total. The molecule has 2 aromatic rings. The summed E-state index contributed by atoms with van der Waals surface area (Å²) in [6.45, 7) is 5.61. The maximum Gasteiger partial charge on any atom is 0.266 e. The van der Waals surface area contributed by atoms with Crippen LogP contribution in [0.15, 0.2) is 23.1 Å². The molecule has 0 saturated carbocycles. The van der Waals surface area contributed by atoms with Crippen LogP contribution in [0.2, 0.25) is 0 Å². The molecule has 0 radical (unpaired) electrons. The van der Waals surface area contributed by atoms with E-state index >= 15 is 0 Å².